The normalized spacial score (nSPS) is 11.5. The van der Waals surface area contributed by atoms with Crippen LogP contribution < -0.4 is 5.73 Å². The van der Waals surface area contributed by atoms with Gasteiger partial charge in [-0.15, -0.1) is 0 Å². The number of nitrogens with two attached hydrogens (primary N) is 1. The Morgan fingerprint density at radius 1 is 1.32 bits per heavy atom. The zero-order valence-electron chi connectivity index (χ0n) is 11.5. The van der Waals surface area contributed by atoms with Crippen LogP contribution in [0.15, 0.2) is 18.2 Å². The first kappa shape index (κ1) is 16.3. The standard InChI is InChI=1S/C14H20Cl2N2O/c1-4-18(13(19)14(2,3)9-17)8-10-5-6-11(15)12(16)7-10/h5-7H,4,8-9,17H2,1-3H3. The Morgan fingerprint density at radius 3 is 2.42 bits per heavy atom. The summed E-state index contributed by atoms with van der Waals surface area (Å²) in [5.41, 5.74) is 6.06. The molecule has 19 heavy (non-hydrogen) atoms. The fourth-order valence-corrected chi connectivity index (χ4v) is 2.02. The maximum absolute atomic E-state index is 12.4. The summed E-state index contributed by atoms with van der Waals surface area (Å²) in [5.74, 6) is 0.0450. The van der Waals surface area contributed by atoms with Crippen LogP contribution in [0.25, 0.3) is 0 Å². The Morgan fingerprint density at radius 2 is 1.95 bits per heavy atom. The van der Waals surface area contributed by atoms with Crippen molar-refractivity contribution in [3.8, 4) is 0 Å². The summed E-state index contributed by atoms with van der Waals surface area (Å²) in [6.07, 6.45) is 0. The van der Waals surface area contributed by atoms with Gasteiger partial charge in [-0.2, -0.15) is 0 Å². The molecule has 0 fully saturated rings. The van der Waals surface area contributed by atoms with Gasteiger partial charge in [0.2, 0.25) is 5.91 Å². The van der Waals surface area contributed by atoms with Gasteiger partial charge in [0.25, 0.3) is 0 Å². The highest BCUT2D eigenvalue weighted by molar-refractivity contribution is 6.42. The molecular formula is C14H20Cl2N2O. The number of amides is 1. The number of hydrogen-bond acceptors (Lipinski definition) is 2. The third-order valence-corrected chi connectivity index (χ3v) is 3.85. The maximum atomic E-state index is 12.4. The zero-order valence-corrected chi connectivity index (χ0v) is 13.1. The van der Waals surface area contributed by atoms with Crippen molar-refractivity contribution >= 4 is 29.1 Å². The Balaban J connectivity index is 2.88. The van der Waals surface area contributed by atoms with Crippen LogP contribution >= 0.6 is 23.2 Å². The second kappa shape index (κ2) is 6.60. The number of nitrogens with zero attached hydrogens (tertiary/aromatic N) is 1. The van der Waals surface area contributed by atoms with Crippen molar-refractivity contribution in [1.29, 1.82) is 0 Å². The average Bonchev–Trinajstić information content (AvgIpc) is 2.39. The van der Waals surface area contributed by atoms with Crippen molar-refractivity contribution < 1.29 is 4.79 Å². The predicted octanol–water partition coefficient (Wildman–Crippen LogP) is 3.33. The highest BCUT2D eigenvalue weighted by atomic mass is 35.5. The molecule has 106 valence electrons. The lowest BCUT2D eigenvalue weighted by atomic mass is 9.91. The minimum atomic E-state index is -0.549. The topological polar surface area (TPSA) is 46.3 Å². The molecule has 0 aliphatic carbocycles. The minimum absolute atomic E-state index is 0.0450. The van der Waals surface area contributed by atoms with Gasteiger partial charge in [0, 0.05) is 19.6 Å². The van der Waals surface area contributed by atoms with E-state index in [1.54, 1.807) is 17.0 Å². The smallest absolute Gasteiger partial charge is 0.229 e. The number of hydrogen-bond donors (Lipinski definition) is 1. The van der Waals surface area contributed by atoms with E-state index in [9.17, 15) is 4.79 Å². The van der Waals surface area contributed by atoms with E-state index in [0.29, 0.717) is 29.7 Å². The van der Waals surface area contributed by atoms with E-state index in [2.05, 4.69) is 0 Å². The third-order valence-electron chi connectivity index (χ3n) is 3.12. The van der Waals surface area contributed by atoms with Crippen LogP contribution in [0.2, 0.25) is 10.0 Å². The fourth-order valence-electron chi connectivity index (χ4n) is 1.70. The molecule has 3 nitrogen and oxygen atoms in total. The van der Waals surface area contributed by atoms with Crippen molar-refractivity contribution in [2.24, 2.45) is 11.1 Å². The van der Waals surface area contributed by atoms with E-state index in [-0.39, 0.29) is 5.91 Å². The van der Waals surface area contributed by atoms with E-state index in [0.717, 1.165) is 5.56 Å². The monoisotopic (exact) mass is 302 g/mol. The number of rotatable bonds is 5. The lowest BCUT2D eigenvalue weighted by Crippen LogP contribution is -2.44. The molecular weight excluding hydrogens is 283 g/mol. The van der Waals surface area contributed by atoms with Crippen LogP contribution in [0, 0.1) is 5.41 Å². The summed E-state index contributed by atoms with van der Waals surface area (Å²) in [6, 6.07) is 5.40. The molecule has 0 spiro atoms. The highest BCUT2D eigenvalue weighted by Crippen LogP contribution is 2.24. The van der Waals surface area contributed by atoms with Crippen LogP contribution in [-0.2, 0) is 11.3 Å². The lowest BCUT2D eigenvalue weighted by molar-refractivity contribution is -0.140. The molecule has 0 saturated carbocycles. The van der Waals surface area contributed by atoms with Gasteiger partial charge in [0.15, 0.2) is 0 Å². The quantitative estimate of drug-likeness (QED) is 0.907. The van der Waals surface area contributed by atoms with Gasteiger partial charge in [-0.1, -0.05) is 29.3 Å². The van der Waals surface area contributed by atoms with Gasteiger partial charge in [-0.25, -0.2) is 0 Å². The summed E-state index contributed by atoms with van der Waals surface area (Å²) in [5, 5.41) is 1.02. The zero-order chi connectivity index (χ0) is 14.6. The molecule has 2 N–H and O–H groups in total. The van der Waals surface area contributed by atoms with Gasteiger partial charge >= 0.3 is 0 Å². The van der Waals surface area contributed by atoms with Crippen LogP contribution in [-0.4, -0.2) is 23.9 Å². The molecule has 1 aromatic rings. The average molecular weight is 303 g/mol. The summed E-state index contributed by atoms with van der Waals surface area (Å²) in [4.78, 5) is 14.1. The van der Waals surface area contributed by atoms with Gasteiger partial charge < -0.3 is 10.6 Å². The molecule has 0 aromatic heterocycles. The van der Waals surface area contributed by atoms with E-state index in [1.807, 2.05) is 26.8 Å². The van der Waals surface area contributed by atoms with Crippen molar-refractivity contribution in [3.63, 3.8) is 0 Å². The molecule has 0 bridgehead atoms. The van der Waals surface area contributed by atoms with E-state index in [1.165, 1.54) is 0 Å². The first-order valence-electron chi connectivity index (χ1n) is 6.25. The minimum Gasteiger partial charge on any atom is -0.338 e. The van der Waals surface area contributed by atoms with Crippen molar-refractivity contribution in [3.05, 3.63) is 33.8 Å². The van der Waals surface area contributed by atoms with Gasteiger partial charge in [-0.05, 0) is 38.5 Å². The third kappa shape index (κ3) is 4.10. The largest absolute Gasteiger partial charge is 0.338 e. The molecule has 1 aromatic carbocycles. The summed E-state index contributed by atoms with van der Waals surface area (Å²) < 4.78 is 0. The van der Waals surface area contributed by atoms with Gasteiger partial charge in [0.05, 0.1) is 15.5 Å². The maximum Gasteiger partial charge on any atom is 0.229 e. The Hall–Kier alpha value is -0.770. The molecule has 0 aliphatic heterocycles. The predicted molar refractivity (Wildman–Crippen MR) is 80.4 cm³/mol. The molecule has 5 heteroatoms. The van der Waals surface area contributed by atoms with E-state index >= 15 is 0 Å². The number of halogens is 2. The fraction of sp³-hybridized carbons (Fsp3) is 0.500. The molecule has 0 aliphatic rings. The first-order chi connectivity index (χ1) is 8.81. The van der Waals surface area contributed by atoms with E-state index < -0.39 is 5.41 Å². The van der Waals surface area contributed by atoms with Gasteiger partial charge in [0.1, 0.15) is 0 Å². The Kier molecular flexibility index (Phi) is 5.65. The molecule has 1 amide bonds. The van der Waals surface area contributed by atoms with Crippen molar-refractivity contribution in [2.45, 2.75) is 27.3 Å². The number of benzene rings is 1. The van der Waals surface area contributed by atoms with Gasteiger partial charge in [-0.3, -0.25) is 4.79 Å². The second-order valence-corrected chi connectivity index (χ2v) is 5.97. The molecule has 0 heterocycles. The first-order valence-corrected chi connectivity index (χ1v) is 7.00. The SMILES string of the molecule is CCN(Cc1ccc(Cl)c(Cl)c1)C(=O)C(C)(C)CN. The van der Waals surface area contributed by atoms with Crippen LogP contribution in [0.4, 0.5) is 0 Å². The molecule has 0 atom stereocenters. The summed E-state index contributed by atoms with van der Waals surface area (Å²) in [7, 11) is 0. The molecule has 1 rings (SSSR count). The number of carbonyl (C=O) groups is 1. The highest BCUT2D eigenvalue weighted by Gasteiger charge is 2.29. The van der Waals surface area contributed by atoms with E-state index in [4.69, 9.17) is 28.9 Å². The second-order valence-electron chi connectivity index (χ2n) is 5.16. The molecule has 0 radical (unpaired) electrons. The molecule has 0 unspecified atom stereocenters. The Labute approximate surface area is 124 Å². The Bertz CT molecular complexity index is 461. The van der Waals surface area contributed by atoms with Crippen LogP contribution in [0.3, 0.4) is 0 Å². The van der Waals surface area contributed by atoms with Crippen LogP contribution in [0.1, 0.15) is 26.3 Å². The van der Waals surface area contributed by atoms with Crippen molar-refractivity contribution in [2.75, 3.05) is 13.1 Å². The molecule has 0 saturated heterocycles. The lowest BCUT2D eigenvalue weighted by Gasteiger charge is -2.30. The number of carbonyl (C=O) groups excluding carboxylic acids is 1. The summed E-state index contributed by atoms with van der Waals surface area (Å²) >= 11 is 11.9. The summed E-state index contributed by atoms with van der Waals surface area (Å²) in [6.45, 7) is 7.11. The van der Waals surface area contributed by atoms with Crippen molar-refractivity contribution in [1.82, 2.24) is 4.90 Å². The van der Waals surface area contributed by atoms with Crippen LogP contribution in [0.5, 0.6) is 0 Å².